The van der Waals surface area contributed by atoms with Crippen molar-refractivity contribution < 1.29 is 14.4 Å². The number of nitrogens with one attached hydrogen (secondary N) is 1. The summed E-state index contributed by atoms with van der Waals surface area (Å²) >= 11 is 5.67. The number of imide groups is 1. The fourth-order valence-corrected chi connectivity index (χ4v) is 4.51. The summed E-state index contributed by atoms with van der Waals surface area (Å²) in [6.07, 6.45) is 1.67. The lowest BCUT2D eigenvalue weighted by atomic mass is 10.2. The number of hydrogen-bond acceptors (Lipinski definition) is 5. The standard InChI is InChI=1S/C17H13BrN2O3S2/c1-10-3-2-4-11(7-10)19-15(21)9-20-16(22)13(25-17(20)23)8-12-5-6-14(18)24-12/h2-8H,9H2,1H3,(H,19,21)/b13-8+. The molecule has 25 heavy (non-hydrogen) atoms. The van der Waals surface area contributed by atoms with Gasteiger partial charge < -0.3 is 5.32 Å². The van der Waals surface area contributed by atoms with E-state index < -0.39 is 17.1 Å². The van der Waals surface area contributed by atoms with Crippen molar-refractivity contribution in [3.05, 3.63) is 55.5 Å². The predicted molar refractivity (Wildman–Crippen MR) is 105 cm³/mol. The van der Waals surface area contributed by atoms with Crippen LogP contribution < -0.4 is 5.32 Å². The molecule has 1 saturated heterocycles. The minimum Gasteiger partial charge on any atom is -0.325 e. The van der Waals surface area contributed by atoms with Crippen LogP contribution in [0.1, 0.15) is 10.4 Å². The zero-order chi connectivity index (χ0) is 18.0. The van der Waals surface area contributed by atoms with E-state index >= 15 is 0 Å². The van der Waals surface area contributed by atoms with Crippen LogP contribution in [-0.2, 0) is 9.59 Å². The van der Waals surface area contributed by atoms with Crippen LogP contribution >= 0.6 is 39.0 Å². The van der Waals surface area contributed by atoms with Crippen LogP contribution in [0.4, 0.5) is 10.5 Å². The number of rotatable bonds is 4. The van der Waals surface area contributed by atoms with Crippen LogP contribution in [-0.4, -0.2) is 28.5 Å². The second-order valence-corrected chi connectivity index (χ2v) is 8.82. The third-order valence-corrected chi connectivity index (χ3v) is 5.82. The van der Waals surface area contributed by atoms with Gasteiger partial charge in [0.25, 0.3) is 11.1 Å². The molecule has 0 atom stereocenters. The van der Waals surface area contributed by atoms with Crippen molar-refractivity contribution in [1.82, 2.24) is 4.90 Å². The van der Waals surface area contributed by atoms with Gasteiger partial charge >= 0.3 is 0 Å². The summed E-state index contributed by atoms with van der Waals surface area (Å²) in [5.74, 6) is -0.855. The minimum absolute atomic E-state index is 0.302. The highest BCUT2D eigenvalue weighted by Gasteiger charge is 2.36. The Labute approximate surface area is 161 Å². The molecule has 1 aromatic carbocycles. The molecule has 1 N–H and O–H groups in total. The van der Waals surface area contributed by atoms with E-state index in [4.69, 9.17) is 0 Å². The molecule has 2 aromatic rings. The third kappa shape index (κ3) is 4.39. The Morgan fingerprint density at radius 2 is 2.08 bits per heavy atom. The zero-order valence-electron chi connectivity index (χ0n) is 13.1. The molecule has 5 nitrogen and oxygen atoms in total. The van der Waals surface area contributed by atoms with E-state index in [0.29, 0.717) is 10.6 Å². The first kappa shape index (κ1) is 17.9. The Morgan fingerprint density at radius 3 is 2.76 bits per heavy atom. The van der Waals surface area contributed by atoms with Gasteiger partial charge in [-0.3, -0.25) is 19.3 Å². The predicted octanol–water partition coefficient (Wildman–Crippen LogP) is 4.49. The molecule has 0 bridgehead atoms. The van der Waals surface area contributed by atoms with Crippen LogP contribution in [0.5, 0.6) is 0 Å². The lowest BCUT2D eigenvalue weighted by Crippen LogP contribution is -2.36. The van der Waals surface area contributed by atoms with Gasteiger partial charge in [-0.1, -0.05) is 12.1 Å². The van der Waals surface area contributed by atoms with Gasteiger partial charge in [0.15, 0.2) is 0 Å². The van der Waals surface area contributed by atoms with Gasteiger partial charge in [0.2, 0.25) is 5.91 Å². The molecule has 128 valence electrons. The Balaban J connectivity index is 1.68. The monoisotopic (exact) mass is 436 g/mol. The molecule has 3 amide bonds. The van der Waals surface area contributed by atoms with Gasteiger partial charge in [0.1, 0.15) is 6.54 Å². The molecule has 1 aliphatic heterocycles. The average molecular weight is 437 g/mol. The first-order valence-corrected chi connectivity index (χ1v) is 9.72. The van der Waals surface area contributed by atoms with Crippen LogP contribution in [0.15, 0.2) is 45.1 Å². The molecule has 0 aliphatic carbocycles. The highest BCUT2D eigenvalue weighted by atomic mass is 79.9. The Kier molecular flexibility index (Phi) is 5.41. The normalized spacial score (nSPS) is 15.9. The van der Waals surface area contributed by atoms with Crippen LogP contribution in [0.25, 0.3) is 6.08 Å². The van der Waals surface area contributed by atoms with Gasteiger partial charge in [-0.05, 0) is 70.5 Å². The second kappa shape index (κ2) is 7.55. The van der Waals surface area contributed by atoms with Crippen molar-refractivity contribution in [1.29, 1.82) is 0 Å². The molecule has 3 rings (SSSR count). The van der Waals surface area contributed by atoms with Crippen molar-refractivity contribution in [3.8, 4) is 0 Å². The zero-order valence-corrected chi connectivity index (χ0v) is 16.3. The lowest BCUT2D eigenvalue weighted by molar-refractivity contribution is -0.127. The molecule has 0 unspecified atom stereocenters. The number of thioether (sulfide) groups is 1. The van der Waals surface area contributed by atoms with E-state index in [0.717, 1.165) is 30.9 Å². The Morgan fingerprint density at radius 1 is 1.28 bits per heavy atom. The van der Waals surface area contributed by atoms with E-state index in [1.807, 2.05) is 37.3 Å². The molecule has 0 spiro atoms. The van der Waals surface area contributed by atoms with Crippen molar-refractivity contribution in [2.75, 3.05) is 11.9 Å². The number of carbonyl (C=O) groups is 3. The fraction of sp³-hybridized carbons (Fsp3) is 0.118. The van der Waals surface area contributed by atoms with Gasteiger partial charge in [-0.25, -0.2) is 0 Å². The maximum Gasteiger partial charge on any atom is 0.294 e. The van der Waals surface area contributed by atoms with E-state index in [-0.39, 0.29) is 6.54 Å². The van der Waals surface area contributed by atoms with Crippen LogP contribution in [0, 0.1) is 6.92 Å². The van der Waals surface area contributed by atoms with E-state index in [9.17, 15) is 14.4 Å². The number of halogens is 1. The van der Waals surface area contributed by atoms with E-state index in [1.165, 1.54) is 11.3 Å². The van der Waals surface area contributed by atoms with Crippen LogP contribution in [0.3, 0.4) is 0 Å². The molecular formula is C17H13BrN2O3S2. The number of amides is 3. The summed E-state index contributed by atoms with van der Waals surface area (Å²) in [6, 6.07) is 11.0. The third-order valence-electron chi connectivity index (χ3n) is 3.34. The van der Waals surface area contributed by atoms with Crippen molar-refractivity contribution in [3.63, 3.8) is 0 Å². The Bertz CT molecular complexity index is 892. The number of benzene rings is 1. The number of anilines is 1. The summed E-state index contributed by atoms with van der Waals surface area (Å²) in [5.41, 5.74) is 1.64. The van der Waals surface area contributed by atoms with E-state index in [2.05, 4.69) is 21.2 Å². The summed E-state index contributed by atoms with van der Waals surface area (Å²) in [6.45, 7) is 1.61. The largest absolute Gasteiger partial charge is 0.325 e. The van der Waals surface area contributed by atoms with Gasteiger partial charge in [0, 0.05) is 10.6 Å². The minimum atomic E-state index is -0.445. The maximum absolute atomic E-state index is 12.4. The first-order valence-electron chi connectivity index (χ1n) is 7.29. The van der Waals surface area contributed by atoms with Gasteiger partial charge in [0.05, 0.1) is 8.69 Å². The summed E-state index contributed by atoms with van der Waals surface area (Å²) < 4.78 is 0.940. The molecule has 2 heterocycles. The van der Waals surface area contributed by atoms with Crippen molar-refractivity contribution in [2.24, 2.45) is 0 Å². The molecule has 8 heteroatoms. The van der Waals surface area contributed by atoms with Crippen LogP contribution in [0.2, 0.25) is 0 Å². The summed E-state index contributed by atoms with van der Waals surface area (Å²) in [4.78, 5) is 38.8. The Hall–Kier alpha value is -1.90. The molecule has 1 aliphatic rings. The molecule has 1 aromatic heterocycles. The average Bonchev–Trinajstić information content (AvgIpc) is 3.06. The number of thiophene rings is 1. The number of nitrogens with zero attached hydrogens (tertiary/aromatic N) is 1. The van der Waals surface area contributed by atoms with E-state index in [1.54, 1.807) is 12.1 Å². The van der Waals surface area contributed by atoms with Gasteiger partial charge in [-0.15, -0.1) is 11.3 Å². The topological polar surface area (TPSA) is 66.5 Å². The van der Waals surface area contributed by atoms with Crippen molar-refractivity contribution in [2.45, 2.75) is 6.92 Å². The number of hydrogen-bond donors (Lipinski definition) is 1. The quantitative estimate of drug-likeness (QED) is 0.716. The highest BCUT2D eigenvalue weighted by molar-refractivity contribution is 9.11. The van der Waals surface area contributed by atoms with Crippen molar-refractivity contribution >= 4 is 67.8 Å². The molecule has 1 fully saturated rings. The molecule has 0 saturated carbocycles. The summed E-state index contributed by atoms with van der Waals surface area (Å²) in [7, 11) is 0. The number of carbonyl (C=O) groups excluding carboxylic acids is 3. The maximum atomic E-state index is 12.4. The smallest absolute Gasteiger partial charge is 0.294 e. The molecule has 0 radical (unpaired) electrons. The SMILES string of the molecule is Cc1cccc(NC(=O)CN2C(=O)S/C(=C/c3ccc(Br)s3)C2=O)c1. The lowest BCUT2D eigenvalue weighted by Gasteiger charge is -2.12. The van der Waals surface area contributed by atoms with Gasteiger partial charge in [-0.2, -0.15) is 0 Å². The fourth-order valence-electron chi connectivity index (χ4n) is 2.24. The first-order chi connectivity index (χ1) is 11.9. The second-order valence-electron chi connectivity index (χ2n) is 5.33. The number of aryl methyl sites for hydroxylation is 1. The summed E-state index contributed by atoms with van der Waals surface area (Å²) in [5, 5.41) is 2.26. The molecular weight excluding hydrogens is 424 g/mol. The highest BCUT2D eigenvalue weighted by Crippen LogP contribution is 2.34.